The molecule has 136 valence electrons. The van der Waals surface area contributed by atoms with Gasteiger partial charge in [0.2, 0.25) is 0 Å². The number of nitrogens with one attached hydrogen (secondary N) is 2. The maximum Gasteiger partial charge on any atom is 0.251 e. The number of amides is 1. The molecule has 1 atom stereocenters. The van der Waals surface area contributed by atoms with Crippen LogP contribution < -0.4 is 11.1 Å². The second kappa shape index (κ2) is 7.52. The maximum atomic E-state index is 13.6. The number of carbonyl (C=O) groups excluding carboxylic acids is 1. The first-order valence-electron chi connectivity index (χ1n) is 7.92. The molecule has 0 spiro atoms. The number of hydrogen-bond acceptors (Lipinski definition) is 4. The smallest absolute Gasteiger partial charge is 0.251 e. The van der Waals surface area contributed by atoms with Gasteiger partial charge in [-0.05, 0) is 42.7 Å². The molecular formula is C17H16F3N5O. The maximum absolute atomic E-state index is 13.6. The molecule has 1 amide bonds. The first-order valence-corrected chi connectivity index (χ1v) is 7.92. The van der Waals surface area contributed by atoms with Gasteiger partial charge in [0.25, 0.3) is 5.91 Å². The zero-order chi connectivity index (χ0) is 18.7. The van der Waals surface area contributed by atoms with Crippen molar-refractivity contribution in [3.8, 4) is 0 Å². The molecular weight excluding hydrogens is 347 g/mol. The van der Waals surface area contributed by atoms with Crippen LogP contribution in [0.5, 0.6) is 0 Å². The molecule has 1 heterocycles. The highest BCUT2D eigenvalue weighted by Gasteiger charge is 2.14. The normalized spacial score (nSPS) is 12.3. The van der Waals surface area contributed by atoms with Crippen molar-refractivity contribution in [1.82, 2.24) is 20.7 Å². The van der Waals surface area contributed by atoms with Crippen molar-refractivity contribution in [2.24, 2.45) is 5.73 Å². The Morgan fingerprint density at radius 2 is 1.81 bits per heavy atom. The van der Waals surface area contributed by atoms with E-state index in [2.05, 4.69) is 20.7 Å². The first-order chi connectivity index (χ1) is 12.4. The fourth-order valence-electron chi connectivity index (χ4n) is 2.56. The van der Waals surface area contributed by atoms with Crippen molar-refractivity contribution >= 4 is 16.9 Å². The van der Waals surface area contributed by atoms with Gasteiger partial charge in [0.15, 0.2) is 11.6 Å². The van der Waals surface area contributed by atoms with Crippen molar-refractivity contribution in [3.05, 3.63) is 58.9 Å². The molecule has 0 aliphatic heterocycles. The second-order valence-corrected chi connectivity index (χ2v) is 5.89. The SMILES string of the molecule is N[C@@H](CCNC(=O)c1ccc2n[nH]nc2c1)Cc1cc(F)c(F)cc1F. The zero-order valence-electron chi connectivity index (χ0n) is 13.6. The highest BCUT2D eigenvalue weighted by atomic mass is 19.2. The van der Waals surface area contributed by atoms with E-state index in [1.165, 1.54) is 0 Å². The molecule has 0 radical (unpaired) electrons. The molecule has 4 N–H and O–H groups in total. The molecule has 0 saturated carbocycles. The van der Waals surface area contributed by atoms with Gasteiger partial charge in [-0.1, -0.05) is 0 Å². The number of rotatable bonds is 6. The van der Waals surface area contributed by atoms with Crippen LogP contribution in [0, 0.1) is 17.5 Å². The van der Waals surface area contributed by atoms with Crippen molar-refractivity contribution in [1.29, 1.82) is 0 Å². The lowest BCUT2D eigenvalue weighted by atomic mass is 10.0. The van der Waals surface area contributed by atoms with E-state index in [1.54, 1.807) is 18.2 Å². The van der Waals surface area contributed by atoms with Gasteiger partial charge in [-0.2, -0.15) is 15.4 Å². The Hall–Kier alpha value is -2.94. The van der Waals surface area contributed by atoms with Crippen molar-refractivity contribution in [2.75, 3.05) is 6.54 Å². The predicted octanol–water partition coefficient (Wildman–Crippen LogP) is 2.07. The van der Waals surface area contributed by atoms with Crippen LogP contribution in [0.15, 0.2) is 30.3 Å². The highest BCUT2D eigenvalue weighted by molar-refractivity contribution is 5.97. The molecule has 0 aliphatic rings. The Balaban J connectivity index is 1.52. The average Bonchev–Trinajstić information content (AvgIpc) is 3.07. The van der Waals surface area contributed by atoms with Crippen molar-refractivity contribution in [3.63, 3.8) is 0 Å². The third-order valence-electron chi connectivity index (χ3n) is 3.95. The summed E-state index contributed by atoms with van der Waals surface area (Å²) >= 11 is 0. The lowest BCUT2D eigenvalue weighted by Crippen LogP contribution is -2.31. The fourth-order valence-corrected chi connectivity index (χ4v) is 2.56. The largest absolute Gasteiger partial charge is 0.352 e. The summed E-state index contributed by atoms with van der Waals surface area (Å²) < 4.78 is 39.7. The molecule has 26 heavy (non-hydrogen) atoms. The van der Waals surface area contributed by atoms with Crippen LogP contribution in [0.3, 0.4) is 0 Å². The van der Waals surface area contributed by atoms with E-state index in [-0.39, 0.29) is 24.4 Å². The van der Waals surface area contributed by atoms with E-state index in [4.69, 9.17) is 5.73 Å². The number of H-pyrrole nitrogens is 1. The Kier molecular flexibility index (Phi) is 5.17. The molecule has 0 fully saturated rings. The zero-order valence-corrected chi connectivity index (χ0v) is 13.6. The van der Waals surface area contributed by atoms with Crippen LogP contribution in [0.2, 0.25) is 0 Å². The number of hydrogen-bond donors (Lipinski definition) is 3. The number of carbonyl (C=O) groups is 1. The van der Waals surface area contributed by atoms with Gasteiger partial charge in [-0.25, -0.2) is 13.2 Å². The minimum atomic E-state index is -1.24. The minimum Gasteiger partial charge on any atom is -0.352 e. The van der Waals surface area contributed by atoms with E-state index in [0.717, 1.165) is 6.07 Å². The quantitative estimate of drug-likeness (QED) is 0.584. The molecule has 9 heteroatoms. The third kappa shape index (κ3) is 3.99. The van der Waals surface area contributed by atoms with Gasteiger partial charge in [0.05, 0.1) is 0 Å². The second-order valence-electron chi connectivity index (χ2n) is 5.89. The monoisotopic (exact) mass is 363 g/mol. The van der Waals surface area contributed by atoms with E-state index >= 15 is 0 Å². The van der Waals surface area contributed by atoms with Crippen LogP contribution in [-0.2, 0) is 6.42 Å². The molecule has 0 saturated heterocycles. The topological polar surface area (TPSA) is 96.7 Å². The molecule has 2 aromatic carbocycles. The number of nitrogens with two attached hydrogens (primary N) is 1. The minimum absolute atomic E-state index is 0.000731. The molecule has 3 aromatic rings. The van der Waals surface area contributed by atoms with Crippen LogP contribution in [0.1, 0.15) is 22.3 Å². The van der Waals surface area contributed by atoms with Gasteiger partial charge < -0.3 is 11.1 Å². The number of aromatic nitrogens is 3. The summed E-state index contributed by atoms with van der Waals surface area (Å²) in [6.45, 7) is 0.252. The summed E-state index contributed by atoms with van der Waals surface area (Å²) in [5, 5.41) is 13.0. The van der Waals surface area contributed by atoms with E-state index < -0.39 is 23.5 Å². The summed E-state index contributed by atoms with van der Waals surface area (Å²) in [6, 6.07) is 5.68. The molecule has 0 unspecified atom stereocenters. The number of halogens is 3. The summed E-state index contributed by atoms with van der Waals surface area (Å²) in [6.07, 6.45) is 0.375. The van der Waals surface area contributed by atoms with Crippen LogP contribution in [0.25, 0.3) is 11.0 Å². The van der Waals surface area contributed by atoms with Crippen LogP contribution in [0.4, 0.5) is 13.2 Å². The molecule has 6 nitrogen and oxygen atoms in total. The molecule has 0 bridgehead atoms. The van der Waals surface area contributed by atoms with Gasteiger partial charge in [-0.3, -0.25) is 4.79 Å². The lowest BCUT2D eigenvalue weighted by molar-refractivity contribution is 0.0952. The number of aromatic amines is 1. The summed E-state index contributed by atoms with van der Waals surface area (Å²) in [4.78, 5) is 12.1. The number of nitrogens with zero attached hydrogens (tertiary/aromatic N) is 2. The third-order valence-corrected chi connectivity index (χ3v) is 3.95. The van der Waals surface area contributed by atoms with E-state index in [1.807, 2.05) is 0 Å². The van der Waals surface area contributed by atoms with Crippen molar-refractivity contribution < 1.29 is 18.0 Å². The first kappa shape index (κ1) is 17.9. The van der Waals surface area contributed by atoms with E-state index in [0.29, 0.717) is 29.1 Å². The Morgan fingerprint density at radius 3 is 2.62 bits per heavy atom. The summed E-state index contributed by atoms with van der Waals surface area (Å²) in [5.74, 6) is -3.51. The molecule has 3 rings (SSSR count). The van der Waals surface area contributed by atoms with Crippen LogP contribution >= 0.6 is 0 Å². The Morgan fingerprint density at radius 1 is 1.08 bits per heavy atom. The molecule has 1 aromatic heterocycles. The Labute approximate surface area is 146 Å². The summed E-state index contributed by atoms with van der Waals surface area (Å²) in [5.41, 5.74) is 7.54. The van der Waals surface area contributed by atoms with E-state index in [9.17, 15) is 18.0 Å². The number of benzene rings is 2. The predicted molar refractivity (Wildman–Crippen MR) is 88.8 cm³/mol. The lowest BCUT2D eigenvalue weighted by Gasteiger charge is -2.13. The van der Waals surface area contributed by atoms with Gasteiger partial charge in [-0.15, -0.1) is 0 Å². The van der Waals surface area contributed by atoms with Gasteiger partial charge >= 0.3 is 0 Å². The molecule has 0 aliphatic carbocycles. The van der Waals surface area contributed by atoms with Gasteiger partial charge in [0, 0.05) is 24.2 Å². The van der Waals surface area contributed by atoms with Crippen molar-refractivity contribution in [2.45, 2.75) is 18.9 Å². The summed E-state index contributed by atoms with van der Waals surface area (Å²) in [7, 11) is 0. The Bertz CT molecular complexity index is 943. The van der Waals surface area contributed by atoms with Crippen LogP contribution in [-0.4, -0.2) is 33.9 Å². The average molecular weight is 363 g/mol. The standard InChI is InChI=1S/C17H16F3N5O/c18-12-8-14(20)13(19)6-10(12)5-11(21)3-4-22-17(26)9-1-2-15-16(7-9)24-25-23-15/h1-2,6-8,11H,3-5,21H2,(H,22,26)(H,23,24,25)/t11-/m0/s1. The van der Waals surface area contributed by atoms with Gasteiger partial charge in [0.1, 0.15) is 16.9 Å². The number of fused-ring (bicyclic) bond motifs is 1. The fraction of sp³-hybridized carbons (Fsp3) is 0.235. The highest BCUT2D eigenvalue weighted by Crippen LogP contribution is 2.15.